The maximum Gasteiger partial charge on any atom is 0.412 e. The molecule has 5 heteroatoms. The lowest BCUT2D eigenvalue weighted by molar-refractivity contribution is 0.0635. The van der Waals surface area contributed by atoms with Gasteiger partial charge in [0, 0.05) is 16.9 Å². The second kappa shape index (κ2) is 8.15. The molecule has 1 aromatic carbocycles. The van der Waals surface area contributed by atoms with Crippen LogP contribution >= 0.6 is 0 Å². The first-order chi connectivity index (χ1) is 11.2. The number of benzene rings is 1. The summed E-state index contributed by atoms with van der Waals surface area (Å²) >= 11 is 0. The molecule has 0 aliphatic heterocycles. The molecule has 0 fully saturated rings. The molecular formula is C19H24N2O3. The Labute approximate surface area is 143 Å². The first-order valence-corrected chi connectivity index (χ1v) is 7.53. The van der Waals surface area contributed by atoms with Gasteiger partial charge in [0.2, 0.25) is 0 Å². The van der Waals surface area contributed by atoms with Gasteiger partial charge in [-0.1, -0.05) is 25.3 Å². The van der Waals surface area contributed by atoms with Gasteiger partial charge in [-0.2, -0.15) is 0 Å². The Morgan fingerprint density at radius 2 is 1.88 bits per heavy atom. The van der Waals surface area contributed by atoms with Gasteiger partial charge in [-0.05, 0) is 57.5 Å². The van der Waals surface area contributed by atoms with Crippen LogP contribution in [0.4, 0.5) is 10.5 Å². The van der Waals surface area contributed by atoms with E-state index < -0.39 is 11.7 Å². The number of aryl methyl sites for hydroxylation is 1. The van der Waals surface area contributed by atoms with Crippen LogP contribution in [0.3, 0.4) is 0 Å². The average Bonchev–Trinajstić information content (AvgIpc) is 2.46. The summed E-state index contributed by atoms with van der Waals surface area (Å²) < 4.78 is 5.23. The zero-order chi connectivity index (χ0) is 18.3. The molecule has 0 saturated carbocycles. The van der Waals surface area contributed by atoms with Gasteiger partial charge in [0.05, 0.1) is 0 Å². The molecule has 0 aliphatic rings. The number of allylic oxidation sites excluding steroid dienone is 3. The molecule has 0 saturated heterocycles. The van der Waals surface area contributed by atoms with Crippen LogP contribution < -0.4 is 10.6 Å². The summed E-state index contributed by atoms with van der Waals surface area (Å²) in [6, 6.07) is 5.04. The summed E-state index contributed by atoms with van der Waals surface area (Å²) in [4.78, 5) is 24.2. The molecule has 2 amide bonds. The highest BCUT2D eigenvalue weighted by Gasteiger charge is 2.17. The van der Waals surface area contributed by atoms with E-state index >= 15 is 0 Å². The van der Waals surface area contributed by atoms with Crippen LogP contribution in [0.5, 0.6) is 0 Å². The van der Waals surface area contributed by atoms with Crippen LogP contribution in [-0.2, 0) is 4.74 Å². The maximum absolute atomic E-state index is 12.3. The van der Waals surface area contributed by atoms with Crippen molar-refractivity contribution in [2.45, 2.75) is 33.3 Å². The molecule has 128 valence electrons. The smallest absolute Gasteiger partial charge is 0.412 e. The van der Waals surface area contributed by atoms with Gasteiger partial charge in [0.1, 0.15) is 5.60 Å². The number of amides is 2. The monoisotopic (exact) mass is 328 g/mol. The minimum atomic E-state index is -0.596. The Kier molecular flexibility index (Phi) is 6.53. The van der Waals surface area contributed by atoms with Crippen molar-refractivity contribution >= 4 is 17.7 Å². The van der Waals surface area contributed by atoms with Crippen LogP contribution in [-0.4, -0.2) is 17.6 Å². The predicted octanol–water partition coefficient (Wildman–Crippen LogP) is 4.33. The molecule has 0 atom stereocenters. The van der Waals surface area contributed by atoms with Crippen molar-refractivity contribution in [2.75, 3.05) is 5.32 Å². The lowest BCUT2D eigenvalue weighted by Crippen LogP contribution is -2.27. The highest BCUT2D eigenvalue weighted by molar-refractivity contribution is 5.97. The number of hydrogen-bond donors (Lipinski definition) is 2. The minimum Gasteiger partial charge on any atom is -0.444 e. The summed E-state index contributed by atoms with van der Waals surface area (Å²) in [6.07, 6.45) is 4.15. The number of carbonyl (C=O) groups is 2. The largest absolute Gasteiger partial charge is 0.444 e. The molecule has 0 heterocycles. The fraction of sp³-hybridized carbons (Fsp3) is 0.263. The van der Waals surface area contributed by atoms with E-state index in [9.17, 15) is 9.59 Å². The predicted molar refractivity (Wildman–Crippen MR) is 97.0 cm³/mol. The van der Waals surface area contributed by atoms with Gasteiger partial charge in [-0.25, -0.2) is 4.79 Å². The summed E-state index contributed by atoms with van der Waals surface area (Å²) in [5.41, 5.74) is 1.69. The number of ether oxygens (including phenoxy) is 1. The maximum atomic E-state index is 12.3. The molecule has 1 rings (SSSR count). The molecular weight excluding hydrogens is 304 g/mol. The van der Waals surface area contributed by atoms with Crippen molar-refractivity contribution in [3.05, 3.63) is 66.4 Å². The molecule has 1 aromatic rings. The van der Waals surface area contributed by atoms with E-state index in [1.54, 1.807) is 51.1 Å². The fourth-order valence-corrected chi connectivity index (χ4v) is 1.80. The van der Waals surface area contributed by atoms with E-state index in [1.807, 2.05) is 6.92 Å². The van der Waals surface area contributed by atoms with E-state index in [4.69, 9.17) is 4.74 Å². The molecule has 0 spiro atoms. The molecule has 0 bridgehead atoms. The number of anilines is 1. The first kappa shape index (κ1) is 19.2. The van der Waals surface area contributed by atoms with Crippen LogP contribution in [0, 0.1) is 6.92 Å². The van der Waals surface area contributed by atoms with Gasteiger partial charge < -0.3 is 10.1 Å². The highest BCUT2D eigenvalue weighted by atomic mass is 16.6. The normalized spacial score (nSPS) is 11.4. The van der Waals surface area contributed by atoms with E-state index in [0.29, 0.717) is 16.9 Å². The molecule has 0 radical (unpaired) electrons. The van der Waals surface area contributed by atoms with Crippen molar-refractivity contribution in [2.24, 2.45) is 0 Å². The quantitative estimate of drug-likeness (QED) is 0.791. The fourth-order valence-electron chi connectivity index (χ4n) is 1.80. The van der Waals surface area contributed by atoms with E-state index in [2.05, 4.69) is 23.8 Å². The van der Waals surface area contributed by atoms with Gasteiger partial charge in [-0.15, -0.1) is 0 Å². The third-order valence-electron chi connectivity index (χ3n) is 2.91. The second-order valence-corrected chi connectivity index (χ2v) is 6.17. The lowest BCUT2D eigenvalue weighted by Gasteiger charge is -2.20. The molecule has 24 heavy (non-hydrogen) atoms. The SMILES string of the molecule is C=C/C=C(\C=C)NC(=O)c1ccc(C)c(NC(=O)OC(C)(C)C)c1. The second-order valence-electron chi connectivity index (χ2n) is 6.17. The minimum absolute atomic E-state index is 0.310. The Balaban J connectivity index is 2.95. The van der Waals surface area contributed by atoms with Gasteiger partial charge >= 0.3 is 6.09 Å². The Bertz CT molecular complexity index is 682. The standard InChI is InChI=1S/C19H24N2O3/c1-7-9-15(8-2)20-17(22)14-11-10-13(3)16(12-14)21-18(23)24-19(4,5)6/h7-12H,1-2H2,3-6H3,(H,20,22)(H,21,23)/b15-9+. The van der Waals surface area contributed by atoms with Crippen LogP contribution in [0.1, 0.15) is 36.7 Å². The molecule has 5 nitrogen and oxygen atoms in total. The van der Waals surface area contributed by atoms with E-state index in [-0.39, 0.29) is 5.91 Å². The van der Waals surface area contributed by atoms with Crippen molar-refractivity contribution < 1.29 is 14.3 Å². The van der Waals surface area contributed by atoms with Crippen molar-refractivity contribution in [1.82, 2.24) is 5.32 Å². The number of hydrogen-bond acceptors (Lipinski definition) is 3. The molecule has 0 aromatic heterocycles. The average molecular weight is 328 g/mol. The third kappa shape index (κ3) is 6.12. The topological polar surface area (TPSA) is 67.4 Å². The van der Waals surface area contributed by atoms with E-state index in [0.717, 1.165) is 5.56 Å². The van der Waals surface area contributed by atoms with Gasteiger partial charge in [0.15, 0.2) is 0 Å². The van der Waals surface area contributed by atoms with Crippen molar-refractivity contribution in [1.29, 1.82) is 0 Å². The molecule has 2 N–H and O–H groups in total. The Morgan fingerprint density at radius 1 is 1.21 bits per heavy atom. The summed E-state index contributed by atoms with van der Waals surface area (Å²) in [5.74, 6) is -0.310. The zero-order valence-electron chi connectivity index (χ0n) is 14.6. The first-order valence-electron chi connectivity index (χ1n) is 7.53. The van der Waals surface area contributed by atoms with E-state index in [1.165, 1.54) is 6.08 Å². The molecule has 0 unspecified atom stereocenters. The number of rotatable bonds is 5. The van der Waals surface area contributed by atoms with Gasteiger partial charge in [0.25, 0.3) is 5.91 Å². The lowest BCUT2D eigenvalue weighted by atomic mass is 10.1. The van der Waals surface area contributed by atoms with Crippen molar-refractivity contribution in [3.63, 3.8) is 0 Å². The third-order valence-corrected chi connectivity index (χ3v) is 2.91. The summed E-state index contributed by atoms with van der Waals surface area (Å²) in [6.45, 7) is 14.4. The number of nitrogens with one attached hydrogen (secondary N) is 2. The molecule has 0 aliphatic carbocycles. The van der Waals surface area contributed by atoms with Crippen LogP contribution in [0.15, 0.2) is 55.3 Å². The van der Waals surface area contributed by atoms with Crippen LogP contribution in [0.25, 0.3) is 0 Å². The van der Waals surface area contributed by atoms with Crippen molar-refractivity contribution in [3.8, 4) is 0 Å². The number of carbonyl (C=O) groups excluding carboxylic acids is 2. The zero-order valence-corrected chi connectivity index (χ0v) is 14.6. The Morgan fingerprint density at radius 3 is 2.42 bits per heavy atom. The highest BCUT2D eigenvalue weighted by Crippen LogP contribution is 2.19. The summed E-state index contributed by atoms with van der Waals surface area (Å²) in [7, 11) is 0. The van der Waals surface area contributed by atoms with Gasteiger partial charge in [-0.3, -0.25) is 10.1 Å². The van der Waals surface area contributed by atoms with Crippen LogP contribution in [0.2, 0.25) is 0 Å². The summed E-state index contributed by atoms with van der Waals surface area (Å²) in [5, 5.41) is 5.37. The Hall–Kier alpha value is -2.82.